The van der Waals surface area contributed by atoms with Crippen molar-refractivity contribution in [1.29, 1.82) is 0 Å². The number of H-pyrrole nitrogens is 1. The number of aromatic amines is 1. The molecule has 1 aromatic carbocycles. The molecule has 6 heteroatoms. The number of amides is 1. The highest BCUT2D eigenvalue weighted by atomic mass is 16.1. The highest BCUT2D eigenvalue weighted by Gasteiger charge is 2.04. The average molecular weight is 273 g/mol. The monoisotopic (exact) mass is 273 g/mol. The smallest absolute Gasteiger partial charge is 0.251 e. The Labute approximate surface area is 118 Å². The molecular weight excluding hydrogens is 254 g/mol. The number of anilines is 1. The van der Waals surface area contributed by atoms with Gasteiger partial charge in [0.05, 0.1) is 0 Å². The molecule has 0 saturated carbocycles. The van der Waals surface area contributed by atoms with Gasteiger partial charge in [-0.25, -0.2) is 4.98 Å². The quantitative estimate of drug-likeness (QED) is 0.669. The van der Waals surface area contributed by atoms with E-state index in [9.17, 15) is 4.79 Å². The summed E-state index contributed by atoms with van der Waals surface area (Å²) in [5, 5.41) is 12.7. The number of nitrogens with zero attached hydrogens (tertiary/aromatic N) is 2. The molecule has 0 fully saturated rings. The van der Waals surface area contributed by atoms with Crippen molar-refractivity contribution in [3.63, 3.8) is 0 Å². The van der Waals surface area contributed by atoms with Crippen molar-refractivity contribution >= 4 is 11.6 Å². The van der Waals surface area contributed by atoms with E-state index in [2.05, 4.69) is 25.8 Å². The average Bonchev–Trinajstić information content (AvgIpc) is 2.98. The van der Waals surface area contributed by atoms with Crippen LogP contribution in [-0.2, 0) is 6.42 Å². The summed E-state index contributed by atoms with van der Waals surface area (Å²) in [7, 11) is 0. The van der Waals surface area contributed by atoms with Crippen LogP contribution in [0.4, 0.5) is 5.69 Å². The van der Waals surface area contributed by atoms with E-state index in [4.69, 9.17) is 0 Å². The zero-order chi connectivity index (χ0) is 14.2. The Morgan fingerprint density at radius 1 is 1.30 bits per heavy atom. The first kappa shape index (κ1) is 14.0. The lowest BCUT2D eigenvalue weighted by Gasteiger charge is -2.06. The first-order valence-corrected chi connectivity index (χ1v) is 6.76. The predicted octanol–water partition coefficient (Wildman–Crippen LogP) is 1.60. The lowest BCUT2D eigenvalue weighted by Crippen LogP contribution is -2.24. The SMILES string of the molecule is CCNc1ccc(C(=O)NCCCc2ncn[nH]2)cc1. The lowest BCUT2D eigenvalue weighted by molar-refractivity contribution is 0.0953. The molecule has 3 N–H and O–H groups in total. The molecular formula is C14H19N5O. The number of hydrogen-bond acceptors (Lipinski definition) is 4. The number of hydrogen-bond donors (Lipinski definition) is 3. The third-order valence-corrected chi connectivity index (χ3v) is 2.87. The number of benzene rings is 1. The Balaban J connectivity index is 1.73. The molecule has 6 nitrogen and oxygen atoms in total. The van der Waals surface area contributed by atoms with E-state index in [1.165, 1.54) is 6.33 Å². The standard InChI is InChI=1S/C14H19N5O/c1-2-15-12-7-5-11(6-8-12)14(20)16-9-3-4-13-17-10-18-19-13/h5-8,10,15H,2-4,9H2,1H3,(H,16,20)(H,17,18,19). The summed E-state index contributed by atoms with van der Waals surface area (Å²) < 4.78 is 0. The maximum absolute atomic E-state index is 11.9. The molecule has 0 aliphatic rings. The maximum atomic E-state index is 11.9. The van der Waals surface area contributed by atoms with Crippen LogP contribution in [0.25, 0.3) is 0 Å². The minimum Gasteiger partial charge on any atom is -0.385 e. The summed E-state index contributed by atoms with van der Waals surface area (Å²) in [4.78, 5) is 15.9. The summed E-state index contributed by atoms with van der Waals surface area (Å²) >= 11 is 0. The van der Waals surface area contributed by atoms with E-state index < -0.39 is 0 Å². The van der Waals surface area contributed by atoms with E-state index in [-0.39, 0.29) is 5.91 Å². The van der Waals surface area contributed by atoms with Gasteiger partial charge < -0.3 is 10.6 Å². The van der Waals surface area contributed by atoms with Gasteiger partial charge in [0, 0.05) is 30.8 Å². The van der Waals surface area contributed by atoms with Crippen LogP contribution in [-0.4, -0.2) is 34.2 Å². The summed E-state index contributed by atoms with van der Waals surface area (Å²) in [6.45, 7) is 3.52. The Hall–Kier alpha value is -2.37. The summed E-state index contributed by atoms with van der Waals surface area (Å²) in [5.74, 6) is 0.792. The van der Waals surface area contributed by atoms with E-state index in [0.29, 0.717) is 12.1 Å². The zero-order valence-electron chi connectivity index (χ0n) is 11.5. The zero-order valence-corrected chi connectivity index (χ0v) is 11.5. The van der Waals surface area contributed by atoms with Crippen LogP contribution < -0.4 is 10.6 Å². The maximum Gasteiger partial charge on any atom is 0.251 e. The molecule has 1 heterocycles. The molecule has 1 aromatic heterocycles. The van der Waals surface area contributed by atoms with Crippen molar-refractivity contribution in [2.45, 2.75) is 19.8 Å². The van der Waals surface area contributed by atoms with Crippen LogP contribution in [0.15, 0.2) is 30.6 Å². The molecule has 2 rings (SSSR count). The summed E-state index contributed by atoms with van der Waals surface area (Å²) in [6.07, 6.45) is 3.09. The highest BCUT2D eigenvalue weighted by Crippen LogP contribution is 2.09. The van der Waals surface area contributed by atoms with Crippen LogP contribution in [0.1, 0.15) is 29.5 Å². The molecule has 0 unspecified atom stereocenters. The Morgan fingerprint density at radius 2 is 2.10 bits per heavy atom. The van der Waals surface area contributed by atoms with Gasteiger partial charge in [0.2, 0.25) is 0 Å². The minimum absolute atomic E-state index is 0.0504. The second-order valence-corrected chi connectivity index (χ2v) is 4.40. The van der Waals surface area contributed by atoms with Gasteiger partial charge in [0.1, 0.15) is 12.2 Å². The van der Waals surface area contributed by atoms with Gasteiger partial charge in [-0.2, -0.15) is 5.10 Å². The van der Waals surface area contributed by atoms with Crippen molar-refractivity contribution < 1.29 is 4.79 Å². The van der Waals surface area contributed by atoms with E-state index in [0.717, 1.165) is 30.9 Å². The van der Waals surface area contributed by atoms with Crippen molar-refractivity contribution in [2.24, 2.45) is 0 Å². The largest absolute Gasteiger partial charge is 0.385 e. The van der Waals surface area contributed by atoms with Crippen LogP contribution in [0.2, 0.25) is 0 Å². The molecule has 0 spiro atoms. The molecule has 0 aliphatic heterocycles. The van der Waals surface area contributed by atoms with E-state index in [1.54, 1.807) is 0 Å². The van der Waals surface area contributed by atoms with Gasteiger partial charge in [-0.05, 0) is 37.6 Å². The van der Waals surface area contributed by atoms with Crippen LogP contribution >= 0.6 is 0 Å². The summed E-state index contributed by atoms with van der Waals surface area (Å²) in [6, 6.07) is 7.47. The second-order valence-electron chi connectivity index (χ2n) is 4.40. The number of carbonyl (C=O) groups is 1. The lowest BCUT2D eigenvalue weighted by atomic mass is 10.2. The van der Waals surface area contributed by atoms with Crippen LogP contribution in [0.3, 0.4) is 0 Å². The Bertz CT molecular complexity index is 521. The van der Waals surface area contributed by atoms with Crippen molar-refractivity contribution in [3.05, 3.63) is 42.0 Å². The molecule has 0 bridgehead atoms. The van der Waals surface area contributed by atoms with E-state index >= 15 is 0 Å². The fourth-order valence-corrected chi connectivity index (χ4v) is 1.85. The second kappa shape index (κ2) is 7.28. The Morgan fingerprint density at radius 3 is 2.75 bits per heavy atom. The van der Waals surface area contributed by atoms with Crippen molar-refractivity contribution in [3.8, 4) is 0 Å². The van der Waals surface area contributed by atoms with Gasteiger partial charge in [-0.1, -0.05) is 0 Å². The molecule has 0 atom stereocenters. The number of rotatable bonds is 7. The molecule has 2 aromatic rings. The van der Waals surface area contributed by atoms with Crippen LogP contribution in [0.5, 0.6) is 0 Å². The molecule has 0 radical (unpaired) electrons. The normalized spacial score (nSPS) is 10.2. The molecule has 0 saturated heterocycles. The molecule has 1 amide bonds. The van der Waals surface area contributed by atoms with Crippen molar-refractivity contribution in [2.75, 3.05) is 18.4 Å². The molecule has 20 heavy (non-hydrogen) atoms. The highest BCUT2D eigenvalue weighted by molar-refractivity contribution is 5.94. The Kier molecular flexibility index (Phi) is 5.11. The van der Waals surface area contributed by atoms with Gasteiger partial charge >= 0.3 is 0 Å². The first-order chi connectivity index (χ1) is 9.79. The van der Waals surface area contributed by atoms with Gasteiger partial charge in [-0.15, -0.1) is 0 Å². The molecule has 106 valence electrons. The van der Waals surface area contributed by atoms with Crippen molar-refractivity contribution in [1.82, 2.24) is 20.5 Å². The third-order valence-electron chi connectivity index (χ3n) is 2.87. The number of carbonyl (C=O) groups excluding carboxylic acids is 1. The fraction of sp³-hybridized carbons (Fsp3) is 0.357. The summed E-state index contributed by atoms with van der Waals surface area (Å²) in [5.41, 5.74) is 1.70. The number of aryl methyl sites for hydroxylation is 1. The first-order valence-electron chi connectivity index (χ1n) is 6.76. The van der Waals surface area contributed by atoms with E-state index in [1.807, 2.05) is 31.2 Å². The third kappa shape index (κ3) is 4.08. The van der Waals surface area contributed by atoms with Gasteiger partial charge in [0.15, 0.2) is 0 Å². The van der Waals surface area contributed by atoms with Gasteiger partial charge in [-0.3, -0.25) is 9.89 Å². The topological polar surface area (TPSA) is 82.7 Å². The number of nitrogens with one attached hydrogen (secondary N) is 3. The van der Waals surface area contributed by atoms with Gasteiger partial charge in [0.25, 0.3) is 5.91 Å². The van der Waals surface area contributed by atoms with Crippen LogP contribution in [0, 0.1) is 0 Å². The molecule has 0 aliphatic carbocycles. The number of aromatic nitrogens is 3. The fourth-order valence-electron chi connectivity index (χ4n) is 1.85. The minimum atomic E-state index is -0.0504. The predicted molar refractivity (Wildman–Crippen MR) is 77.6 cm³/mol.